The number of benzene rings is 1. The number of nitrogens with one attached hydrogen (secondary N) is 1. The Morgan fingerprint density at radius 3 is 2.89 bits per heavy atom. The number of methoxy groups -OCH3 is 1. The van der Waals surface area contributed by atoms with Crippen LogP contribution in [0.15, 0.2) is 22.7 Å². The lowest BCUT2D eigenvalue weighted by molar-refractivity contribution is 0.383. The molecule has 0 heterocycles. The van der Waals surface area contributed by atoms with Crippen LogP contribution in [-0.4, -0.2) is 13.2 Å². The molecule has 0 saturated heterocycles. The van der Waals surface area contributed by atoms with E-state index in [0.717, 1.165) is 35.2 Å². The van der Waals surface area contributed by atoms with E-state index in [4.69, 9.17) is 4.74 Å². The van der Waals surface area contributed by atoms with Gasteiger partial charge in [0, 0.05) is 10.5 Å². The number of halogens is 1. The quantitative estimate of drug-likeness (QED) is 0.919. The van der Waals surface area contributed by atoms with E-state index in [9.17, 15) is 5.26 Å². The van der Waals surface area contributed by atoms with Gasteiger partial charge in [0.05, 0.1) is 24.8 Å². The van der Waals surface area contributed by atoms with Crippen LogP contribution < -0.4 is 10.1 Å². The van der Waals surface area contributed by atoms with Crippen LogP contribution in [-0.2, 0) is 0 Å². The highest BCUT2D eigenvalue weighted by Crippen LogP contribution is 2.32. The number of nitriles is 1. The SMILES string of the molecule is COc1ccc(Br)cc1NC1CCCCC1C#N. The van der Waals surface area contributed by atoms with Crippen molar-refractivity contribution in [3.63, 3.8) is 0 Å². The Labute approximate surface area is 116 Å². The zero-order valence-electron chi connectivity index (χ0n) is 10.4. The van der Waals surface area contributed by atoms with E-state index in [1.807, 2.05) is 18.2 Å². The zero-order chi connectivity index (χ0) is 13.0. The highest BCUT2D eigenvalue weighted by Gasteiger charge is 2.25. The summed E-state index contributed by atoms with van der Waals surface area (Å²) < 4.78 is 6.35. The van der Waals surface area contributed by atoms with Crippen molar-refractivity contribution in [3.05, 3.63) is 22.7 Å². The van der Waals surface area contributed by atoms with Crippen molar-refractivity contribution in [2.24, 2.45) is 5.92 Å². The summed E-state index contributed by atoms with van der Waals surface area (Å²) in [6, 6.07) is 8.52. The van der Waals surface area contributed by atoms with Crippen molar-refractivity contribution in [2.45, 2.75) is 31.7 Å². The maximum absolute atomic E-state index is 9.19. The zero-order valence-corrected chi connectivity index (χ0v) is 12.0. The van der Waals surface area contributed by atoms with Crippen molar-refractivity contribution in [3.8, 4) is 11.8 Å². The van der Waals surface area contributed by atoms with E-state index in [2.05, 4.69) is 27.3 Å². The highest BCUT2D eigenvalue weighted by atomic mass is 79.9. The molecule has 4 heteroatoms. The molecule has 2 atom stereocenters. The van der Waals surface area contributed by atoms with Gasteiger partial charge in [0.25, 0.3) is 0 Å². The van der Waals surface area contributed by atoms with Crippen molar-refractivity contribution in [1.29, 1.82) is 5.26 Å². The number of anilines is 1. The van der Waals surface area contributed by atoms with Gasteiger partial charge in [-0.05, 0) is 31.0 Å². The Bertz CT molecular complexity index is 456. The predicted molar refractivity (Wildman–Crippen MR) is 75.7 cm³/mol. The predicted octanol–water partition coefficient (Wildman–Crippen LogP) is 3.95. The summed E-state index contributed by atoms with van der Waals surface area (Å²) in [5.74, 6) is 0.919. The third-order valence-corrected chi connectivity index (χ3v) is 3.93. The van der Waals surface area contributed by atoms with E-state index in [1.54, 1.807) is 7.11 Å². The second-order valence-electron chi connectivity index (χ2n) is 4.62. The molecule has 0 aliphatic heterocycles. The first-order chi connectivity index (χ1) is 8.74. The molecule has 1 saturated carbocycles. The van der Waals surface area contributed by atoms with E-state index >= 15 is 0 Å². The van der Waals surface area contributed by atoms with Gasteiger partial charge >= 0.3 is 0 Å². The lowest BCUT2D eigenvalue weighted by atomic mass is 9.85. The average molecular weight is 309 g/mol. The minimum atomic E-state index is 0.0995. The molecule has 0 radical (unpaired) electrons. The Morgan fingerprint density at radius 1 is 1.39 bits per heavy atom. The van der Waals surface area contributed by atoms with Gasteiger partial charge in [-0.1, -0.05) is 28.8 Å². The summed E-state index contributed by atoms with van der Waals surface area (Å²) >= 11 is 3.46. The molecule has 96 valence electrons. The lowest BCUT2D eigenvalue weighted by Crippen LogP contribution is -2.31. The van der Waals surface area contributed by atoms with Gasteiger partial charge < -0.3 is 10.1 Å². The molecule has 0 amide bonds. The van der Waals surface area contributed by atoms with Crippen molar-refractivity contribution < 1.29 is 4.74 Å². The largest absolute Gasteiger partial charge is 0.495 e. The minimum Gasteiger partial charge on any atom is -0.495 e. The highest BCUT2D eigenvalue weighted by molar-refractivity contribution is 9.10. The number of ether oxygens (including phenoxy) is 1. The fourth-order valence-electron chi connectivity index (χ4n) is 2.45. The molecule has 0 aromatic heterocycles. The average Bonchev–Trinajstić information content (AvgIpc) is 2.40. The standard InChI is InChI=1S/C14H17BrN2O/c1-18-14-7-6-11(15)8-13(14)17-12-5-3-2-4-10(12)9-16/h6-8,10,12,17H,2-5H2,1H3. The molecule has 3 nitrogen and oxygen atoms in total. The summed E-state index contributed by atoms with van der Waals surface area (Å²) in [4.78, 5) is 0. The van der Waals surface area contributed by atoms with Crippen LogP contribution in [0, 0.1) is 17.2 Å². The Hall–Kier alpha value is -1.21. The number of nitrogens with zero attached hydrogens (tertiary/aromatic N) is 1. The normalized spacial score (nSPS) is 23.2. The molecule has 1 aromatic rings. The fraction of sp³-hybridized carbons (Fsp3) is 0.500. The molecule has 1 aromatic carbocycles. The van der Waals surface area contributed by atoms with E-state index in [-0.39, 0.29) is 12.0 Å². The Morgan fingerprint density at radius 2 is 2.17 bits per heavy atom. The van der Waals surface area contributed by atoms with Crippen molar-refractivity contribution in [2.75, 3.05) is 12.4 Å². The van der Waals surface area contributed by atoms with E-state index < -0.39 is 0 Å². The van der Waals surface area contributed by atoms with Crippen LogP contribution in [0.4, 0.5) is 5.69 Å². The molecular weight excluding hydrogens is 292 g/mol. The van der Waals surface area contributed by atoms with Crippen molar-refractivity contribution >= 4 is 21.6 Å². The number of hydrogen-bond donors (Lipinski definition) is 1. The molecule has 18 heavy (non-hydrogen) atoms. The fourth-order valence-corrected chi connectivity index (χ4v) is 2.81. The molecule has 0 spiro atoms. The topological polar surface area (TPSA) is 45.0 Å². The Kier molecular flexibility index (Phi) is 4.48. The van der Waals surface area contributed by atoms with Crippen LogP contribution >= 0.6 is 15.9 Å². The molecule has 0 bridgehead atoms. The van der Waals surface area contributed by atoms with E-state index in [0.29, 0.717) is 0 Å². The lowest BCUT2D eigenvalue weighted by Gasteiger charge is -2.29. The van der Waals surface area contributed by atoms with Gasteiger partial charge in [-0.3, -0.25) is 0 Å². The number of rotatable bonds is 3. The minimum absolute atomic E-state index is 0.0995. The van der Waals surface area contributed by atoms with Gasteiger partial charge in [-0.15, -0.1) is 0 Å². The van der Waals surface area contributed by atoms with Crippen LogP contribution in [0.3, 0.4) is 0 Å². The molecule has 1 fully saturated rings. The first-order valence-electron chi connectivity index (χ1n) is 6.24. The van der Waals surface area contributed by atoms with E-state index in [1.165, 1.54) is 6.42 Å². The van der Waals surface area contributed by atoms with Gasteiger partial charge in [0.1, 0.15) is 5.75 Å². The first-order valence-corrected chi connectivity index (χ1v) is 7.03. The monoisotopic (exact) mass is 308 g/mol. The molecule has 1 aliphatic rings. The summed E-state index contributed by atoms with van der Waals surface area (Å²) in [5, 5.41) is 12.7. The first kappa shape index (κ1) is 13.2. The van der Waals surface area contributed by atoms with Crippen LogP contribution in [0.5, 0.6) is 5.75 Å². The van der Waals surface area contributed by atoms with Gasteiger partial charge in [-0.25, -0.2) is 0 Å². The summed E-state index contributed by atoms with van der Waals surface area (Å²) in [6.07, 6.45) is 4.39. The molecule has 1 N–H and O–H groups in total. The summed E-state index contributed by atoms with van der Waals surface area (Å²) in [6.45, 7) is 0. The van der Waals surface area contributed by atoms with Crippen LogP contribution in [0.1, 0.15) is 25.7 Å². The summed E-state index contributed by atoms with van der Waals surface area (Å²) in [5.41, 5.74) is 0.957. The van der Waals surface area contributed by atoms with Crippen molar-refractivity contribution in [1.82, 2.24) is 0 Å². The molecular formula is C14H17BrN2O. The smallest absolute Gasteiger partial charge is 0.142 e. The van der Waals surface area contributed by atoms with Gasteiger partial charge in [0.2, 0.25) is 0 Å². The maximum atomic E-state index is 9.19. The summed E-state index contributed by atoms with van der Waals surface area (Å²) in [7, 11) is 1.66. The molecule has 2 rings (SSSR count). The Balaban J connectivity index is 2.17. The van der Waals surface area contributed by atoms with Crippen LogP contribution in [0.25, 0.3) is 0 Å². The van der Waals surface area contributed by atoms with Gasteiger partial charge in [0.15, 0.2) is 0 Å². The van der Waals surface area contributed by atoms with Gasteiger partial charge in [-0.2, -0.15) is 5.26 Å². The second-order valence-corrected chi connectivity index (χ2v) is 5.53. The maximum Gasteiger partial charge on any atom is 0.142 e. The second kappa shape index (κ2) is 6.10. The number of hydrogen-bond acceptors (Lipinski definition) is 3. The third-order valence-electron chi connectivity index (χ3n) is 3.43. The molecule has 2 unspecified atom stereocenters. The van der Waals surface area contributed by atoms with Crippen LogP contribution in [0.2, 0.25) is 0 Å². The molecule has 1 aliphatic carbocycles. The third kappa shape index (κ3) is 2.97.